The lowest BCUT2D eigenvalue weighted by Gasteiger charge is -2.16. The summed E-state index contributed by atoms with van der Waals surface area (Å²) in [5, 5.41) is 2.99. The summed E-state index contributed by atoms with van der Waals surface area (Å²) in [5.41, 5.74) is 5.68. The molecule has 0 radical (unpaired) electrons. The van der Waals surface area contributed by atoms with Crippen molar-refractivity contribution >= 4 is 5.91 Å². The Kier molecular flexibility index (Phi) is 10.2. The highest BCUT2D eigenvalue weighted by Crippen LogP contribution is 2.13. The number of nitrogens with two attached hydrogens (primary N) is 1. The molecule has 0 aliphatic heterocycles. The van der Waals surface area contributed by atoms with Crippen LogP contribution in [0, 0.1) is 11.8 Å². The van der Waals surface area contributed by atoms with Gasteiger partial charge in [-0.05, 0) is 31.2 Å². The standard InChI is InChI=1S/C14H30N2O/c1-4-5-6-7-8-16-14(17)10-13(11-15)9-12(2)3/h12-13H,4-11,15H2,1-3H3,(H,16,17)/t13-/m0/s1. The second-order valence-electron chi connectivity index (χ2n) is 5.35. The van der Waals surface area contributed by atoms with Crippen LogP contribution in [0.15, 0.2) is 0 Å². The summed E-state index contributed by atoms with van der Waals surface area (Å²) in [7, 11) is 0. The molecule has 0 fully saturated rings. The molecule has 102 valence electrons. The van der Waals surface area contributed by atoms with E-state index in [0.717, 1.165) is 19.4 Å². The molecule has 0 bridgehead atoms. The fourth-order valence-corrected chi connectivity index (χ4v) is 2.04. The van der Waals surface area contributed by atoms with Crippen LogP contribution in [0.1, 0.15) is 59.3 Å². The first-order chi connectivity index (χ1) is 8.10. The first kappa shape index (κ1) is 16.4. The van der Waals surface area contributed by atoms with Gasteiger partial charge in [-0.3, -0.25) is 4.79 Å². The van der Waals surface area contributed by atoms with Gasteiger partial charge in [0.05, 0.1) is 0 Å². The molecule has 0 aromatic heterocycles. The molecule has 1 amide bonds. The molecule has 0 aliphatic rings. The van der Waals surface area contributed by atoms with Crippen molar-refractivity contribution in [1.29, 1.82) is 0 Å². The highest BCUT2D eigenvalue weighted by atomic mass is 16.1. The minimum Gasteiger partial charge on any atom is -0.356 e. The van der Waals surface area contributed by atoms with Crippen LogP contribution in [0.4, 0.5) is 0 Å². The van der Waals surface area contributed by atoms with E-state index in [9.17, 15) is 4.79 Å². The van der Waals surface area contributed by atoms with Gasteiger partial charge in [-0.2, -0.15) is 0 Å². The maximum Gasteiger partial charge on any atom is 0.220 e. The highest BCUT2D eigenvalue weighted by molar-refractivity contribution is 5.76. The van der Waals surface area contributed by atoms with Crippen molar-refractivity contribution < 1.29 is 4.79 Å². The fraction of sp³-hybridized carbons (Fsp3) is 0.929. The van der Waals surface area contributed by atoms with Gasteiger partial charge in [0.25, 0.3) is 0 Å². The zero-order valence-corrected chi connectivity index (χ0v) is 11.8. The number of hydrogen-bond acceptors (Lipinski definition) is 2. The molecule has 0 heterocycles. The van der Waals surface area contributed by atoms with E-state index in [2.05, 4.69) is 26.1 Å². The summed E-state index contributed by atoms with van der Waals surface area (Å²) in [6, 6.07) is 0. The van der Waals surface area contributed by atoms with Crippen LogP contribution in [-0.4, -0.2) is 19.0 Å². The Bertz CT molecular complexity index is 193. The third kappa shape index (κ3) is 10.3. The molecule has 17 heavy (non-hydrogen) atoms. The smallest absolute Gasteiger partial charge is 0.220 e. The van der Waals surface area contributed by atoms with Gasteiger partial charge >= 0.3 is 0 Å². The maximum absolute atomic E-state index is 11.7. The number of carbonyl (C=O) groups excluding carboxylic acids is 1. The topological polar surface area (TPSA) is 55.1 Å². The van der Waals surface area contributed by atoms with Crippen molar-refractivity contribution in [3.05, 3.63) is 0 Å². The SMILES string of the molecule is CCCCCCNC(=O)C[C@@H](CN)CC(C)C. The monoisotopic (exact) mass is 242 g/mol. The lowest BCUT2D eigenvalue weighted by Crippen LogP contribution is -2.29. The van der Waals surface area contributed by atoms with Crippen LogP contribution < -0.4 is 11.1 Å². The van der Waals surface area contributed by atoms with Crippen LogP contribution in [0.25, 0.3) is 0 Å². The average Bonchev–Trinajstić information content (AvgIpc) is 2.27. The lowest BCUT2D eigenvalue weighted by atomic mass is 9.94. The molecule has 0 aromatic carbocycles. The average molecular weight is 242 g/mol. The van der Waals surface area contributed by atoms with Crippen LogP contribution >= 0.6 is 0 Å². The molecule has 3 heteroatoms. The molecular formula is C14H30N2O. The normalized spacial score (nSPS) is 12.8. The lowest BCUT2D eigenvalue weighted by molar-refractivity contribution is -0.122. The first-order valence-electron chi connectivity index (χ1n) is 7.06. The summed E-state index contributed by atoms with van der Waals surface area (Å²) in [4.78, 5) is 11.7. The maximum atomic E-state index is 11.7. The number of nitrogens with one attached hydrogen (secondary N) is 1. The van der Waals surface area contributed by atoms with E-state index in [1.807, 2.05) is 0 Å². The number of carbonyl (C=O) groups is 1. The largest absolute Gasteiger partial charge is 0.356 e. The number of hydrogen-bond donors (Lipinski definition) is 2. The molecule has 0 aromatic rings. The van der Waals surface area contributed by atoms with E-state index in [-0.39, 0.29) is 5.91 Å². The molecule has 0 rings (SSSR count). The van der Waals surface area contributed by atoms with Crippen LogP contribution in [0.5, 0.6) is 0 Å². The van der Waals surface area contributed by atoms with Crippen LogP contribution in [0.3, 0.4) is 0 Å². The molecule has 0 spiro atoms. The minimum absolute atomic E-state index is 0.164. The van der Waals surface area contributed by atoms with Crippen LogP contribution in [0.2, 0.25) is 0 Å². The van der Waals surface area contributed by atoms with Crippen molar-refractivity contribution in [3.8, 4) is 0 Å². The number of unbranched alkanes of at least 4 members (excludes halogenated alkanes) is 3. The number of rotatable bonds is 10. The Hall–Kier alpha value is -0.570. The van der Waals surface area contributed by atoms with Gasteiger partial charge in [-0.1, -0.05) is 40.0 Å². The molecule has 0 saturated carbocycles. The van der Waals surface area contributed by atoms with Crippen molar-refractivity contribution in [2.75, 3.05) is 13.1 Å². The summed E-state index contributed by atoms with van der Waals surface area (Å²) in [6.07, 6.45) is 6.43. The highest BCUT2D eigenvalue weighted by Gasteiger charge is 2.13. The summed E-state index contributed by atoms with van der Waals surface area (Å²) < 4.78 is 0. The summed E-state index contributed by atoms with van der Waals surface area (Å²) >= 11 is 0. The van der Waals surface area contributed by atoms with E-state index in [1.54, 1.807) is 0 Å². The van der Waals surface area contributed by atoms with E-state index in [0.29, 0.717) is 24.8 Å². The van der Waals surface area contributed by atoms with Gasteiger partial charge in [0.2, 0.25) is 5.91 Å². The second kappa shape index (κ2) is 10.6. The molecule has 1 atom stereocenters. The van der Waals surface area contributed by atoms with Crippen molar-refractivity contribution in [1.82, 2.24) is 5.32 Å². The predicted octanol–water partition coefficient (Wildman–Crippen LogP) is 2.69. The quantitative estimate of drug-likeness (QED) is 0.579. The molecule has 3 N–H and O–H groups in total. The molecular weight excluding hydrogens is 212 g/mol. The van der Waals surface area contributed by atoms with Gasteiger partial charge < -0.3 is 11.1 Å². The van der Waals surface area contributed by atoms with E-state index < -0.39 is 0 Å². The van der Waals surface area contributed by atoms with Crippen molar-refractivity contribution in [2.24, 2.45) is 17.6 Å². The molecule has 0 saturated heterocycles. The number of amides is 1. The Morgan fingerprint density at radius 3 is 2.47 bits per heavy atom. The zero-order chi connectivity index (χ0) is 13.1. The summed E-state index contributed by atoms with van der Waals surface area (Å²) in [5.74, 6) is 1.11. The van der Waals surface area contributed by atoms with Gasteiger partial charge in [0, 0.05) is 13.0 Å². The van der Waals surface area contributed by atoms with E-state index in [4.69, 9.17) is 5.73 Å². The Morgan fingerprint density at radius 2 is 1.94 bits per heavy atom. The first-order valence-corrected chi connectivity index (χ1v) is 7.06. The Labute approximate surface area is 107 Å². The Balaban J connectivity index is 3.61. The van der Waals surface area contributed by atoms with Gasteiger partial charge in [-0.15, -0.1) is 0 Å². The van der Waals surface area contributed by atoms with Crippen molar-refractivity contribution in [3.63, 3.8) is 0 Å². The van der Waals surface area contributed by atoms with E-state index in [1.165, 1.54) is 19.3 Å². The van der Waals surface area contributed by atoms with E-state index >= 15 is 0 Å². The zero-order valence-electron chi connectivity index (χ0n) is 11.8. The molecule has 0 unspecified atom stereocenters. The summed E-state index contributed by atoms with van der Waals surface area (Å²) in [6.45, 7) is 7.96. The molecule has 3 nitrogen and oxygen atoms in total. The van der Waals surface area contributed by atoms with Gasteiger partial charge in [0.15, 0.2) is 0 Å². The fourth-order valence-electron chi connectivity index (χ4n) is 2.04. The third-order valence-corrected chi connectivity index (χ3v) is 2.96. The second-order valence-corrected chi connectivity index (χ2v) is 5.35. The Morgan fingerprint density at radius 1 is 1.24 bits per heavy atom. The van der Waals surface area contributed by atoms with Gasteiger partial charge in [0.1, 0.15) is 0 Å². The predicted molar refractivity (Wildman–Crippen MR) is 73.8 cm³/mol. The minimum atomic E-state index is 0.164. The van der Waals surface area contributed by atoms with Gasteiger partial charge in [-0.25, -0.2) is 0 Å². The van der Waals surface area contributed by atoms with Crippen LogP contribution in [-0.2, 0) is 4.79 Å². The molecule has 0 aliphatic carbocycles. The van der Waals surface area contributed by atoms with Crippen molar-refractivity contribution in [2.45, 2.75) is 59.3 Å². The third-order valence-electron chi connectivity index (χ3n) is 2.96.